The average molecular weight is 384 g/mol. The van der Waals surface area contributed by atoms with Gasteiger partial charge in [0.2, 0.25) is 0 Å². The third kappa shape index (κ3) is 4.77. The van der Waals surface area contributed by atoms with E-state index in [4.69, 9.17) is 0 Å². The lowest BCUT2D eigenvalue weighted by molar-refractivity contribution is 0.122. The standard InChI is InChI=1S/C23H37N5/c1-19(24-2)8-12-27-16-14-26(15-17-27)10-5-11-28-13-9-21-20-6-3-4-7-22(20)25-23(21)18-28/h3-4,6-7,19,24-25H,5,8-18H2,1-2H3. The van der Waals surface area contributed by atoms with E-state index in [1.54, 1.807) is 5.56 Å². The van der Waals surface area contributed by atoms with E-state index >= 15 is 0 Å². The van der Waals surface area contributed by atoms with Crippen molar-refractivity contribution in [2.75, 3.05) is 59.4 Å². The van der Waals surface area contributed by atoms with Crippen LogP contribution in [0.15, 0.2) is 24.3 Å². The highest BCUT2D eigenvalue weighted by Crippen LogP contribution is 2.27. The first-order valence-corrected chi connectivity index (χ1v) is 11.2. The second kappa shape index (κ2) is 9.40. The Hall–Kier alpha value is -1.40. The van der Waals surface area contributed by atoms with Gasteiger partial charge in [0.15, 0.2) is 0 Å². The Kier molecular flexibility index (Phi) is 6.68. The molecular formula is C23H37N5. The molecule has 0 saturated carbocycles. The third-order valence-corrected chi connectivity index (χ3v) is 6.75. The van der Waals surface area contributed by atoms with Crippen molar-refractivity contribution in [1.82, 2.24) is 25.0 Å². The van der Waals surface area contributed by atoms with Gasteiger partial charge in [0.1, 0.15) is 0 Å². The Morgan fingerprint density at radius 1 is 0.964 bits per heavy atom. The summed E-state index contributed by atoms with van der Waals surface area (Å²) in [5.74, 6) is 0. The van der Waals surface area contributed by atoms with Gasteiger partial charge in [0, 0.05) is 61.9 Å². The molecule has 0 amide bonds. The van der Waals surface area contributed by atoms with Gasteiger partial charge in [-0.15, -0.1) is 0 Å². The summed E-state index contributed by atoms with van der Waals surface area (Å²) >= 11 is 0. The van der Waals surface area contributed by atoms with E-state index in [9.17, 15) is 0 Å². The zero-order chi connectivity index (χ0) is 19.3. The maximum Gasteiger partial charge on any atom is 0.0459 e. The molecule has 2 aliphatic rings. The predicted molar refractivity (Wildman–Crippen MR) is 118 cm³/mol. The first kappa shape index (κ1) is 19.9. The molecule has 1 saturated heterocycles. The van der Waals surface area contributed by atoms with Gasteiger partial charge in [0.05, 0.1) is 0 Å². The molecular weight excluding hydrogens is 346 g/mol. The van der Waals surface area contributed by atoms with Crippen molar-refractivity contribution in [2.24, 2.45) is 0 Å². The molecule has 0 aliphatic carbocycles. The quantitative estimate of drug-likeness (QED) is 0.735. The highest BCUT2D eigenvalue weighted by Gasteiger charge is 2.21. The van der Waals surface area contributed by atoms with Crippen LogP contribution in [0.4, 0.5) is 0 Å². The Bertz CT molecular complexity index is 747. The summed E-state index contributed by atoms with van der Waals surface area (Å²) < 4.78 is 0. The van der Waals surface area contributed by atoms with E-state index < -0.39 is 0 Å². The molecule has 154 valence electrons. The zero-order valence-electron chi connectivity index (χ0n) is 17.7. The summed E-state index contributed by atoms with van der Waals surface area (Å²) in [6, 6.07) is 9.38. The summed E-state index contributed by atoms with van der Waals surface area (Å²) in [5.41, 5.74) is 4.30. The number of rotatable bonds is 8. The van der Waals surface area contributed by atoms with Crippen molar-refractivity contribution in [3.05, 3.63) is 35.5 Å². The van der Waals surface area contributed by atoms with E-state index in [-0.39, 0.29) is 0 Å². The number of hydrogen-bond donors (Lipinski definition) is 2. The summed E-state index contributed by atoms with van der Waals surface area (Å²) in [6.45, 7) is 13.2. The van der Waals surface area contributed by atoms with Crippen LogP contribution in [0.2, 0.25) is 0 Å². The number of nitrogens with one attached hydrogen (secondary N) is 2. The van der Waals surface area contributed by atoms with Gasteiger partial charge in [-0.25, -0.2) is 0 Å². The van der Waals surface area contributed by atoms with Crippen LogP contribution in [0.1, 0.15) is 31.0 Å². The topological polar surface area (TPSA) is 37.5 Å². The van der Waals surface area contributed by atoms with Crippen LogP contribution in [0, 0.1) is 0 Å². The van der Waals surface area contributed by atoms with Crippen molar-refractivity contribution in [3.63, 3.8) is 0 Å². The van der Waals surface area contributed by atoms with Gasteiger partial charge in [-0.1, -0.05) is 18.2 Å². The van der Waals surface area contributed by atoms with E-state index in [2.05, 4.69) is 63.2 Å². The van der Waals surface area contributed by atoms with E-state index in [0.29, 0.717) is 6.04 Å². The fourth-order valence-corrected chi connectivity index (χ4v) is 4.71. The molecule has 1 atom stereocenters. The van der Waals surface area contributed by atoms with Crippen LogP contribution < -0.4 is 5.32 Å². The van der Waals surface area contributed by atoms with Crippen LogP contribution in [0.25, 0.3) is 10.9 Å². The summed E-state index contributed by atoms with van der Waals surface area (Å²) in [6.07, 6.45) is 3.72. The van der Waals surface area contributed by atoms with E-state index in [0.717, 1.165) is 6.54 Å². The highest BCUT2D eigenvalue weighted by atomic mass is 15.3. The number of H-pyrrole nitrogens is 1. The smallest absolute Gasteiger partial charge is 0.0459 e. The fraction of sp³-hybridized carbons (Fsp3) is 0.652. The van der Waals surface area contributed by atoms with E-state index in [1.165, 1.54) is 88.2 Å². The molecule has 1 fully saturated rings. The van der Waals surface area contributed by atoms with Crippen molar-refractivity contribution in [2.45, 2.75) is 38.8 Å². The Balaban J connectivity index is 1.17. The molecule has 3 heterocycles. The third-order valence-electron chi connectivity index (χ3n) is 6.75. The number of fused-ring (bicyclic) bond motifs is 3. The van der Waals surface area contributed by atoms with Crippen LogP contribution in [-0.2, 0) is 13.0 Å². The highest BCUT2D eigenvalue weighted by molar-refractivity contribution is 5.84. The molecule has 1 unspecified atom stereocenters. The predicted octanol–water partition coefficient (Wildman–Crippen LogP) is 2.53. The second-order valence-electron chi connectivity index (χ2n) is 8.67. The number of aromatic amines is 1. The lowest BCUT2D eigenvalue weighted by atomic mass is 10.0. The number of nitrogens with zero attached hydrogens (tertiary/aromatic N) is 3. The zero-order valence-corrected chi connectivity index (χ0v) is 17.7. The second-order valence-corrected chi connectivity index (χ2v) is 8.67. The van der Waals surface area contributed by atoms with Gasteiger partial charge in [0.25, 0.3) is 0 Å². The number of aromatic nitrogens is 1. The molecule has 5 heteroatoms. The summed E-state index contributed by atoms with van der Waals surface area (Å²) in [4.78, 5) is 11.6. The summed E-state index contributed by atoms with van der Waals surface area (Å²) in [5, 5.41) is 4.77. The van der Waals surface area contributed by atoms with Gasteiger partial charge < -0.3 is 20.1 Å². The molecule has 4 rings (SSSR count). The Morgan fingerprint density at radius 3 is 2.46 bits per heavy atom. The maximum absolute atomic E-state index is 3.65. The van der Waals surface area contributed by atoms with Crippen LogP contribution in [-0.4, -0.2) is 85.1 Å². The minimum absolute atomic E-state index is 0.625. The fourth-order valence-electron chi connectivity index (χ4n) is 4.71. The van der Waals surface area contributed by atoms with Gasteiger partial charge >= 0.3 is 0 Å². The Morgan fingerprint density at radius 2 is 1.68 bits per heavy atom. The van der Waals surface area contributed by atoms with Gasteiger partial charge in [-0.3, -0.25) is 4.90 Å². The van der Waals surface area contributed by atoms with E-state index in [1.807, 2.05) is 0 Å². The molecule has 2 N–H and O–H groups in total. The number of hydrogen-bond acceptors (Lipinski definition) is 4. The minimum atomic E-state index is 0.625. The van der Waals surface area contributed by atoms with Crippen LogP contribution in [0.3, 0.4) is 0 Å². The molecule has 5 nitrogen and oxygen atoms in total. The average Bonchev–Trinajstić information content (AvgIpc) is 3.10. The van der Waals surface area contributed by atoms with Crippen LogP contribution in [0.5, 0.6) is 0 Å². The molecule has 28 heavy (non-hydrogen) atoms. The number of benzene rings is 1. The Labute approximate surface area is 170 Å². The lowest BCUT2D eigenvalue weighted by Gasteiger charge is -2.35. The number of para-hydroxylation sites is 1. The largest absolute Gasteiger partial charge is 0.357 e. The van der Waals surface area contributed by atoms with Crippen molar-refractivity contribution in [1.29, 1.82) is 0 Å². The SMILES string of the molecule is CNC(C)CCN1CCN(CCCN2CCc3c([nH]c4ccccc34)C2)CC1. The van der Waals surface area contributed by atoms with Crippen molar-refractivity contribution < 1.29 is 0 Å². The number of piperazine rings is 1. The normalized spacial score (nSPS) is 20.5. The molecule has 2 aliphatic heterocycles. The monoisotopic (exact) mass is 383 g/mol. The van der Waals surface area contributed by atoms with Gasteiger partial charge in [-0.2, -0.15) is 0 Å². The molecule has 2 aromatic rings. The molecule has 1 aromatic heterocycles. The maximum atomic E-state index is 3.65. The first-order chi connectivity index (χ1) is 13.7. The van der Waals surface area contributed by atoms with Crippen LogP contribution >= 0.6 is 0 Å². The van der Waals surface area contributed by atoms with Gasteiger partial charge in [-0.05, 0) is 64.5 Å². The lowest BCUT2D eigenvalue weighted by Crippen LogP contribution is -2.47. The summed E-state index contributed by atoms with van der Waals surface area (Å²) in [7, 11) is 2.06. The molecule has 0 spiro atoms. The van der Waals surface area contributed by atoms with Crippen molar-refractivity contribution in [3.8, 4) is 0 Å². The molecule has 0 bridgehead atoms. The first-order valence-electron chi connectivity index (χ1n) is 11.2. The minimum Gasteiger partial charge on any atom is -0.357 e. The molecule has 1 aromatic carbocycles. The molecule has 0 radical (unpaired) electrons. The van der Waals surface area contributed by atoms with Crippen molar-refractivity contribution >= 4 is 10.9 Å².